The highest BCUT2D eigenvalue weighted by atomic mass is 19.1. The quantitative estimate of drug-likeness (QED) is 0.455. The topological polar surface area (TPSA) is 78.4 Å². The third-order valence-electron chi connectivity index (χ3n) is 1.99. The van der Waals surface area contributed by atoms with E-state index in [1.165, 1.54) is 0 Å². The summed E-state index contributed by atoms with van der Waals surface area (Å²) in [4.78, 5) is 10.1. The summed E-state index contributed by atoms with van der Waals surface area (Å²) < 4.78 is 18.0. The van der Waals surface area contributed by atoms with Crippen LogP contribution in [0.4, 0.5) is 10.1 Å². The number of ether oxygens (including phenoxy) is 1. The van der Waals surface area contributed by atoms with E-state index in [-0.39, 0.29) is 17.9 Å². The first-order chi connectivity index (χ1) is 7.65. The number of hydrogen-bond donors (Lipinski definition) is 1. The smallest absolute Gasteiger partial charge is 0.275 e. The van der Waals surface area contributed by atoms with Gasteiger partial charge in [-0.25, -0.2) is 4.39 Å². The summed E-state index contributed by atoms with van der Waals surface area (Å²) in [6, 6.07) is 3.30. The van der Waals surface area contributed by atoms with E-state index in [9.17, 15) is 14.5 Å². The number of halogens is 1. The molecule has 0 radical (unpaired) electrons. The van der Waals surface area contributed by atoms with Crippen molar-refractivity contribution in [1.82, 2.24) is 0 Å². The zero-order chi connectivity index (χ0) is 12.0. The molecular weight excluding hydrogens is 215 g/mol. The fourth-order valence-corrected chi connectivity index (χ4v) is 1.22. The predicted molar refractivity (Wildman–Crippen MR) is 56.4 cm³/mol. The Morgan fingerprint density at radius 2 is 2.25 bits per heavy atom. The Labute approximate surface area is 92.2 Å². The van der Waals surface area contributed by atoms with Crippen LogP contribution in [0.1, 0.15) is 12.0 Å². The highest BCUT2D eigenvalue weighted by Gasteiger charge is 2.14. The SMILES string of the molecule is NCCCOCc1cc(F)ccc1[N+](=O)[O-]. The molecule has 5 nitrogen and oxygen atoms in total. The highest BCUT2D eigenvalue weighted by molar-refractivity contribution is 5.39. The first kappa shape index (κ1) is 12.5. The van der Waals surface area contributed by atoms with Gasteiger partial charge in [0.15, 0.2) is 0 Å². The van der Waals surface area contributed by atoms with Gasteiger partial charge in [0.25, 0.3) is 5.69 Å². The minimum Gasteiger partial charge on any atom is -0.376 e. The monoisotopic (exact) mass is 228 g/mol. The van der Waals surface area contributed by atoms with Gasteiger partial charge in [-0.2, -0.15) is 0 Å². The van der Waals surface area contributed by atoms with E-state index in [0.717, 1.165) is 18.2 Å². The molecule has 0 aliphatic heterocycles. The molecule has 16 heavy (non-hydrogen) atoms. The fraction of sp³-hybridized carbons (Fsp3) is 0.400. The summed E-state index contributed by atoms with van der Waals surface area (Å²) in [5, 5.41) is 10.6. The third-order valence-corrected chi connectivity index (χ3v) is 1.99. The Morgan fingerprint density at radius 3 is 2.88 bits per heavy atom. The minimum atomic E-state index is -0.554. The van der Waals surface area contributed by atoms with Crippen LogP contribution in [0.2, 0.25) is 0 Å². The molecule has 6 heteroatoms. The second-order valence-corrected chi connectivity index (χ2v) is 3.22. The molecule has 88 valence electrons. The van der Waals surface area contributed by atoms with Gasteiger partial charge in [0, 0.05) is 12.7 Å². The summed E-state index contributed by atoms with van der Waals surface area (Å²) in [6.07, 6.45) is 0.670. The van der Waals surface area contributed by atoms with E-state index in [1.807, 2.05) is 0 Å². The normalized spacial score (nSPS) is 10.4. The van der Waals surface area contributed by atoms with Crippen LogP contribution in [-0.2, 0) is 11.3 Å². The number of rotatable bonds is 6. The van der Waals surface area contributed by atoms with E-state index in [2.05, 4.69) is 0 Å². The van der Waals surface area contributed by atoms with Crippen LogP contribution in [0.3, 0.4) is 0 Å². The molecule has 0 saturated carbocycles. The molecule has 1 rings (SSSR count). The lowest BCUT2D eigenvalue weighted by Crippen LogP contribution is -2.05. The van der Waals surface area contributed by atoms with Crippen molar-refractivity contribution < 1.29 is 14.1 Å². The molecule has 0 amide bonds. The summed E-state index contributed by atoms with van der Waals surface area (Å²) >= 11 is 0. The average Bonchev–Trinajstić information content (AvgIpc) is 2.24. The van der Waals surface area contributed by atoms with Gasteiger partial charge in [0.2, 0.25) is 0 Å². The first-order valence-electron chi connectivity index (χ1n) is 4.85. The lowest BCUT2D eigenvalue weighted by atomic mass is 10.2. The van der Waals surface area contributed by atoms with Crippen molar-refractivity contribution in [2.75, 3.05) is 13.2 Å². The van der Waals surface area contributed by atoms with Gasteiger partial charge >= 0.3 is 0 Å². The molecule has 0 saturated heterocycles. The second kappa shape index (κ2) is 6.14. The second-order valence-electron chi connectivity index (χ2n) is 3.22. The zero-order valence-corrected chi connectivity index (χ0v) is 8.69. The van der Waals surface area contributed by atoms with Gasteiger partial charge in [-0.1, -0.05) is 0 Å². The van der Waals surface area contributed by atoms with E-state index in [0.29, 0.717) is 19.6 Å². The summed E-state index contributed by atoms with van der Waals surface area (Å²) in [6.45, 7) is 0.920. The summed E-state index contributed by atoms with van der Waals surface area (Å²) in [5.74, 6) is -0.511. The fourth-order valence-electron chi connectivity index (χ4n) is 1.22. The lowest BCUT2D eigenvalue weighted by Gasteiger charge is -2.04. The van der Waals surface area contributed by atoms with Crippen molar-refractivity contribution in [2.24, 2.45) is 5.73 Å². The lowest BCUT2D eigenvalue weighted by molar-refractivity contribution is -0.386. The molecule has 0 fully saturated rings. The number of nitrogens with zero attached hydrogens (tertiary/aromatic N) is 1. The number of nitro benzene ring substituents is 1. The minimum absolute atomic E-state index is 0.0219. The predicted octanol–water partition coefficient (Wildman–Crippen LogP) is 1.60. The van der Waals surface area contributed by atoms with E-state index >= 15 is 0 Å². The standard InChI is InChI=1S/C10H13FN2O3/c11-9-2-3-10(13(14)15)8(6-9)7-16-5-1-4-12/h2-3,6H,1,4-5,7,12H2. The molecule has 0 spiro atoms. The van der Waals surface area contributed by atoms with Gasteiger partial charge < -0.3 is 10.5 Å². The Balaban J connectivity index is 2.68. The molecular formula is C10H13FN2O3. The third kappa shape index (κ3) is 3.56. The Bertz CT molecular complexity index is 371. The summed E-state index contributed by atoms with van der Waals surface area (Å²) in [7, 11) is 0. The number of benzene rings is 1. The van der Waals surface area contributed by atoms with Crippen molar-refractivity contribution >= 4 is 5.69 Å². The van der Waals surface area contributed by atoms with Gasteiger partial charge in [0.05, 0.1) is 17.1 Å². The van der Waals surface area contributed by atoms with Crippen molar-refractivity contribution in [3.63, 3.8) is 0 Å². The van der Waals surface area contributed by atoms with Gasteiger partial charge in [-0.15, -0.1) is 0 Å². The van der Waals surface area contributed by atoms with E-state index < -0.39 is 10.7 Å². The highest BCUT2D eigenvalue weighted by Crippen LogP contribution is 2.20. The molecule has 0 aliphatic carbocycles. The Kier molecular flexibility index (Phi) is 4.81. The molecule has 0 aliphatic rings. The van der Waals surface area contributed by atoms with Crippen LogP contribution < -0.4 is 5.73 Å². The van der Waals surface area contributed by atoms with Crippen LogP contribution in [0.5, 0.6) is 0 Å². The van der Waals surface area contributed by atoms with Crippen molar-refractivity contribution in [3.05, 3.63) is 39.7 Å². The van der Waals surface area contributed by atoms with Crippen molar-refractivity contribution in [1.29, 1.82) is 0 Å². The zero-order valence-electron chi connectivity index (χ0n) is 8.69. The Morgan fingerprint density at radius 1 is 1.50 bits per heavy atom. The number of nitro groups is 1. The van der Waals surface area contributed by atoms with Crippen LogP contribution in [0.25, 0.3) is 0 Å². The van der Waals surface area contributed by atoms with Gasteiger partial charge in [-0.05, 0) is 25.1 Å². The molecule has 0 atom stereocenters. The molecule has 0 unspecified atom stereocenters. The van der Waals surface area contributed by atoms with E-state index in [4.69, 9.17) is 10.5 Å². The molecule has 1 aromatic rings. The van der Waals surface area contributed by atoms with Crippen LogP contribution in [0.15, 0.2) is 18.2 Å². The molecule has 0 heterocycles. The van der Waals surface area contributed by atoms with E-state index in [1.54, 1.807) is 0 Å². The van der Waals surface area contributed by atoms with Crippen LogP contribution >= 0.6 is 0 Å². The molecule has 0 aromatic heterocycles. The van der Waals surface area contributed by atoms with Crippen LogP contribution in [0, 0.1) is 15.9 Å². The maximum absolute atomic E-state index is 12.9. The largest absolute Gasteiger partial charge is 0.376 e. The molecule has 0 bridgehead atoms. The maximum atomic E-state index is 12.9. The number of nitrogens with two attached hydrogens (primary N) is 1. The van der Waals surface area contributed by atoms with Crippen molar-refractivity contribution in [2.45, 2.75) is 13.0 Å². The number of hydrogen-bond acceptors (Lipinski definition) is 4. The van der Waals surface area contributed by atoms with Crippen molar-refractivity contribution in [3.8, 4) is 0 Å². The first-order valence-corrected chi connectivity index (χ1v) is 4.85. The molecule has 2 N–H and O–H groups in total. The van der Waals surface area contributed by atoms with Crippen LogP contribution in [-0.4, -0.2) is 18.1 Å². The van der Waals surface area contributed by atoms with Gasteiger partial charge in [0.1, 0.15) is 5.82 Å². The van der Waals surface area contributed by atoms with Gasteiger partial charge in [-0.3, -0.25) is 10.1 Å². The summed E-state index contributed by atoms with van der Waals surface area (Å²) in [5.41, 5.74) is 5.37. The average molecular weight is 228 g/mol. The Hall–Kier alpha value is -1.53. The molecule has 1 aromatic carbocycles. The maximum Gasteiger partial charge on any atom is 0.275 e.